The van der Waals surface area contributed by atoms with Crippen molar-refractivity contribution in [3.63, 3.8) is 0 Å². The van der Waals surface area contributed by atoms with E-state index >= 15 is 0 Å². The third kappa shape index (κ3) is 5.42. The van der Waals surface area contributed by atoms with Crippen LogP contribution in [0.15, 0.2) is 24.3 Å². The van der Waals surface area contributed by atoms with Crippen LogP contribution >= 0.6 is 12.4 Å². The van der Waals surface area contributed by atoms with Gasteiger partial charge in [-0.3, -0.25) is 9.59 Å². The van der Waals surface area contributed by atoms with Gasteiger partial charge in [0.2, 0.25) is 11.8 Å². The van der Waals surface area contributed by atoms with Crippen molar-refractivity contribution in [2.45, 2.75) is 50.6 Å². The standard InChI is InChI=1S/C19H26FN3O2.ClH/c20-15-6-1-3-12(7-15)8-17(24)22-11-18(25)23-19-13-4-2-5-14(19)10-16(21)9-13;/h1,3,6-7,13-14,16,19H,2,4-5,8-11,21H2,(H,22,24)(H,23,25);1H. The molecule has 2 amide bonds. The van der Waals surface area contributed by atoms with Crippen LogP contribution in [0.1, 0.15) is 37.7 Å². The molecule has 0 heterocycles. The van der Waals surface area contributed by atoms with E-state index < -0.39 is 0 Å². The molecule has 0 aromatic heterocycles. The number of fused-ring (bicyclic) bond motifs is 2. The van der Waals surface area contributed by atoms with Gasteiger partial charge in [0.1, 0.15) is 5.82 Å². The average molecular weight is 384 g/mol. The number of benzene rings is 1. The molecule has 2 aliphatic rings. The molecule has 7 heteroatoms. The zero-order valence-corrected chi connectivity index (χ0v) is 15.6. The fourth-order valence-corrected chi connectivity index (χ4v) is 4.34. The Kier molecular flexibility index (Phi) is 7.41. The molecular formula is C19H27ClFN3O2. The third-order valence-electron chi connectivity index (χ3n) is 5.40. The Morgan fingerprint density at radius 2 is 1.85 bits per heavy atom. The summed E-state index contributed by atoms with van der Waals surface area (Å²) in [6.45, 7) is -0.0455. The van der Waals surface area contributed by atoms with Crippen molar-refractivity contribution in [2.75, 3.05) is 6.54 Å². The van der Waals surface area contributed by atoms with Crippen LogP contribution in [0.2, 0.25) is 0 Å². The molecule has 5 nitrogen and oxygen atoms in total. The summed E-state index contributed by atoms with van der Waals surface area (Å²) in [7, 11) is 0. The summed E-state index contributed by atoms with van der Waals surface area (Å²) in [4.78, 5) is 24.1. The van der Waals surface area contributed by atoms with Gasteiger partial charge in [-0.05, 0) is 55.2 Å². The van der Waals surface area contributed by atoms with Crippen molar-refractivity contribution < 1.29 is 14.0 Å². The lowest BCUT2D eigenvalue weighted by molar-refractivity contribution is -0.127. The summed E-state index contributed by atoms with van der Waals surface area (Å²) in [6, 6.07) is 6.34. The highest BCUT2D eigenvalue weighted by molar-refractivity contribution is 5.86. The first-order valence-electron chi connectivity index (χ1n) is 9.07. The van der Waals surface area contributed by atoms with Gasteiger partial charge in [-0.1, -0.05) is 18.6 Å². The molecule has 2 aliphatic carbocycles. The number of halogens is 2. The number of nitrogens with two attached hydrogens (primary N) is 1. The van der Waals surface area contributed by atoms with Gasteiger partial charge in [0.25, 0.3) is 0 Å². The molecular weight excluding hydrogens is 357 g/mol. The van der Waals surface area contributed by atoms with E-state index in [1.807, 2.05) is 0 Å². The van der Waals surface area contributed by atoms with Crippen molar-refractivity contribution in [3.05, 3.63) is 35.6 Å². The molecule has 3 rings (SSSR count). The van der Waals surface area contributed by atoms with Crippen LogP contribution in [0.4, 0.5) is 4.39 Å². The summed E-state index contributed by atoms with van der Waals surface area (Å²) in [6.07, 6.45) is 5.43. The SMILES string of the molecule is Cl.NC1CC2CCCC(C1)C2NC(=O)CNC(=O)Cc1cccc(F)c1. The maximum Gasteiger partial charge on any atom is 0.239 e. The van der Waals surface area contributed by atoms with Crippen LogP contribution in [-0.2, 0) is 16.0 Å². The molecule has 144 valence electrons. The van der Waals surface area contributed by atoms with Gasteiger partial charge in [0, 0.05) is 12.1 Å². The lowest BCUT2D eigenvalue weighted by Crippen LogP contribution is -2.55. The van der Waals surface area contributed by atoms with E-state index in [4.69, 9.17) is 5.73 Å². The smallest absolute Gasteiger partial charge is 0.239 e. The lowest BCUT2D eigenvalue weighted by atomic mass is 9.67. The van der Waals surface area contributed by atoms with Gasteiger partial charge in [-0.15, -0.1) is 12.4 Å². The maximum absolute atomic E-state index is 13.1. The highest BCUT2D eigenvalue weighted by Crippen LogP contribution is 2.39. The van der Waals surface area contributed by atoms with Gasteiger partial charge < -0.3 is 16.4 Å². The first-order valence-corrected chi connectivity index (χ1v) is 9.07. The minimum atomic E-state index is -0.370. The largest absolute Gasteiger partial charge is 0.351 e. The first-order chi connectivity index (χ1) is 12.0. The Labute approximate surface area is 159 Å². The van der Waals surface area contributed by atoms with Crippen molar-refractivity contribution >= 4 is 24.2 Å². The van der Waals surface area contributed by atoms with E-state index in [9.17, 15) is 14.0 Å². The molecule has 0 radical (unpaired) electrons. The molecule has 1 aromatic rings. The number of hydrogen-bond acceptors (Lipinski definition) is 3. The molecule has 2 fully saturated rings. The topological polar surface area (TPSA) is 84.2 Å². The monoisotopic (exact) mass is 383 g/mol. The van der Waals surface area contributed by atoms with Crippen molar-refractivity contribution in [1.29, 1.82) is 0 Å². The van der Waals surface area contributed by atoms with Gasteiger partial charge in [-0.2, -0.15) is 0 Å². The van der Waals surface area contributed by atoms with Crippen LogP contribution in [0, 0.1) is 17.7 Å². The molecule has 2 unspecified atom stereocenters. The summed E-state index contributed by atoms with van der Waals surface area (Å²) >= 11 is 0. The molecule has 1 aromatic carbocycles. The fraction of sp³-hybridized carbons (Fsp3) is 0.579. The molecule has 2 bridgehead atoms. The van der Waals surface area contributed by atoms with Crippen molar-refractivity contribution in [1.82, 2.24) is 10.6 Å². The Morgan fingerprint density at radius 1 is 1.15 bits per heavy atom. The normalized spacial score (nSPS) is 27.2. The number of rotatable bonds is 5. The quantitative estimate of drug-likeness (QED) is 0.726. The van der Waals surface area contributed by atoms with Crippen LogP contribution in [-0.4, -0.2) is 30.4 Å². The van der Waals surface area contributed by atoms with Gasteiger partial charge in [0.05, 0.1) is 13.0 Å². The second-order valence-electron chi connectivity index (χ2n) is 7.36. The number of carbonyl (C=O) groups excluding carboxylic acids is 2. The second kappa shape index (κ2) is 9.33. The summed E-state index contributed by atoms with van der Waals surface area (Å²) in [5.41, 5.74) is 6.70. The number of amides is 2. The van der Waals surface area contributed by atoms with E-state index in [1.165, 1.54) is 18.6 Å². The van der Waals surface area contributed by atoms with Gasteiger partial charge >= 0.3 is 0 Å². The minimum absolute atomic E-state index is 0. The van der Waals surface area contributed by atoms with Gasteiger partial charge in [0.15, 0.2) is 0 Å². The Bertz CT molecular complexity index is 629. The van der Waals surface area contributed by atoms with E-state index in [0.29, 0.717) is 17.4 Å². The summed E-state index contributed by atoms with van der Waals surface area (Å²) in [5, 5.41) is 5.72. The fourth-order valence-electron chi connectivity index (χ4n) is 4.34. The van der Waals surface area contributed by atoms with Crippen LogP contribution in [0.3, 0.4) is 0 Å². The lowest BCUT2D eigenvalue weighted by Gasteiger charge is -2.45. The minimum Gasteiger partial charge on any atom is -0.351 e. The molecule has 4 N–H and O–H groups in total. The van der Waals surface area contributed by atoms with Crippen LogP contribution in [0.25, 0.3) is 0 Å². The first kappa shape index (κ1) is 20.6. The molecule has 2 saturated carbocycles. The summed E-state index contributed by atoms with van der Waals surface area (Å²) in [5.74, 6) is 0.0885. The highest BCUT2D eigenvalue weighted by atomic mass is 35.5. The van der Waals surface area contributed by atoms with Crippen molar-refractivity contribution in [2.24, 2.45) is 17.6 Å². The zero-order valence-electron chi connectivity index (χ0n) is 14.7. The Morgan fingerprint density at radius 3 is 2.50 bits per heavy atom. The van der Waals surface area contributed by atoms with E-state index in [1.54, 1.807) is 12.1 Å². The van der Waals surface area contributed by atoms with Crippen molar-refractivity contribution in [3.8, 4) is 0 Å². The average Bonchev–Trinajstić information content (AvgIpc) is 2.54. The predicted molar refractivity (Wildman–Crippen MR) is 100 cm³/mol. The van der Waals surface area contributed by atoms with Crippen LogP contribution in [0.5, 0.6) is 0 Å². The Balaban J connectivity index is 0.00000243. The number of carbonyl (C=O) groups is 2. The third-order valence-corrected chi connectivity index (χ3v) is 5.40. The zero-order chi connectivity index (χ0) is 17.8. The number of nitrogens with one attached hydrogen (secondary N) is 2. The molecule has 0 spiro atoms. The molecule has 0 saturated heterocycles. The maximum atomic E-state index is 13.1. The highest BCUT2D eigenvalue weighted by Gasteiger charge is 2.39. The molecule has 2 atom stereocenters. The van der Waals surface area contributed by atoms with E-state index in [2.05, 4.69) is 10.6 Å². The van der Waals surface area contributed by atoms with E-state index in [0.717, 1.165) is 25.7 Å². The van der Waals surface area contributed by atoms with Gasteiger partial charge in [-0.25, -0.2) is 4.39 Å². The van der Waals surface area contributed by atoms with E-state index in [-0.39, 0.29) is 55.1 Å². The molecule has 0 aliphatic heterocycles. The summed E-state index contributed by atoms with van der Waals surface area (Å²) < 4.78 is 13.1. The Hall–Kier alpha value is -1.66. The predicted octanol–water partition coefficient (Wildman–Crippen LogP) is 1.93. The van der Waals surface area contributed by atoms with Crippen LogP contribution < -0.4 is 16.4 Å². The number of hydrogen-bond donors (Lipinski definition) is 3. The molecule has 26 heavy (non-hydrogen) atoms. The second-order valence-corrected chi connectivity index (χ2v) is 7.36.